The molecule has 1 heterocycles. The monoisotopic (exact) mass is 257 g/mol. The Balaban J connectivity index is 2.05. The van der Waals surface area contributed by atoms with Crippen LogP contribution in [-0.2, 0) is 16.1 Å². The fourth-order valence-corrected chi connectivity index (χ4v) is 1.13. The number of carbonyl (C=O) groups is 2. The number of aryl methyl sites for hydroxylation is 1. The molecule has 3 N–H and O–H groups in total. The Hall–Kier alpha value is -2.09. The number of carbonyl (C=O) groups excluding carboxylic acids is 1. The Kier molecular flexibility index (Phi) is 5.65. The molecule has 0 saturated carbocycles. The third-order valence-corrected chi connectivity index (χ3v) is 1.86. The number of rotatable bonds is 7. The molecule has 0 bridgehead atoms. The maximum atomic E-state index is 11.3. The number of hydrogen-bond acceptors (Lipinski definition) is 5. The molecule has 0 aliphatic carbocycles. The van der Waals surface area contributed by atoms with E-state index in [4.69, 9.17) is 14.4 Å². The van der Waals surface area contributed by atoms with E-state index in [9.17, 15) is 9.59 Å². The fraction of sp³-hybridized carbons (Fsp3) is 0.500. The highest BCUT2D eigenvalue weighted by atomic mass is 16.5. The molecule has 8 nitrogen and oxygen atoms in total. The third kappa shape index (κ3) is 5.85. The van der Waals surface area contributed by atoms with Crippen LogP contribution in [0.15, 0.2) is 10.6 Å². The van der Waals surface area contributed by atoms with Gasteiger partial charge in [-0.1, -0.05) is 5.16 Å². The molecular formula is C10H15N3O5. The van der Waals surface area contributed by atoms with E-state index in [1.807, 2.05) is 0 Å². The van der Waals surface area contributed by atoms with E-state index in [-0.39, 0.29) is 32.3 Å². The quantitative estimate of drug-likeness (QED) is 0.587. The maximum Gasteiger partial charge on any atom is 0.329 e. The molecule has 1 aromatic rings. The van der Waals surface area contributed by atoms with Crippen LogP contribution < -0.4 is 10.6 Å². The molecule has 0 unspecified atom stereocenters. The van der Waals surface area contributed by atoms with Gasteiger partial charge < -0.3 is 25.0 Å². The van der Waals surface area contributed by atoms with Gasteiger partial charge in [-0.3, -0.25) is 0 Å². The Morgan fingerprint density at radius 2 is 2.28 bits per heavy atom. The molecule has 0 spiro atoms. The summed E-state index contributed by atoms with van der Waals surface area (Å²) in [5, 5.41) is 17.1. The number of urea groups is 1. The number of aliphatic carboxylic acids is 1. The molecule has 100 valence electrons. The first kappa shape index (κ1) is 14.0. The van der Waals surface area contributed by atoms with E-state index < -0.39 is 5.97 Å². The van der Waals surface area contributed by atoms with Gasteiger partial charge in [0.25, 0.3) is 0 Å². The van der Waals surface area contributed by atoms with Crippen molar-refractivity contribution < 1.29 is 24.0 Å². The van der Waals surface area contributed by atoms with Gasteiger partial charge in [-0.05, 0) is 6.92 Å². The highest BCUT2D eigenvalue weighted by Gasteiger charge is 2.03. The molecule has 0 aliphatic heterocycles. The molecular weight excluding hydrogens is 242 g/mol. The van der Waals surface area contributed by atoms with Gasteiger partial charge in [0.1, 0.15) is 18.1 Å². The van der Waals surface area contributed by atoms with Gasteiger partial charge in [0, 0.05) is 12.6 Å². The number of nitrogens with zero attached hydrogens (tertiary/aromatic N) is 1. The lowest BCUT2D eigenvalue weighted by atomic mass is 10.4. The summed E-state index contributed by atoms with van der Waals surface area (Å²) in [6.45, 7) is 2.02. The van der Waals surface area contributed by atoms with Crippen molar-refractivity contribution in [3.05, 3.63) is 17.5 Å². The van der Waals surface area contributed by atoms with E-state index >= 15 is 0 Å². The number of amides is 2. The zero-order valence-corrected chi connectivity index (χ0v) is 9.93. The molecule has 0 fully saturated rings. The number of hydrogen-bond donors (Lipinski definition) is 3. The lowest BCUT2D eigenvalue weighted by molar-refractivity contribution is -0.142. The van der Waals surface area contributed by atoms with Crippen LogP contribution >= 0.6 is 0 Å². The summed E-state index contributed by atoms with van der Waals surface area (Å²) in [5.41, 5.74) is 0.629. The van der Waals surface area contributed by atoms with Gasteiger partial charge in [0.05, 0.1) is 13.2 Å². The lowest BCUT2D eigenvalue weighted by Gasteiger charge is -2.05. The minimum absolute atomic E-state index is 0.142. The first-order chi connectivity index (χ1) is 8.58. The van der Waals surface area contributed by atoms with Gasteiger partial charge in [0.2, 0.25) is 0 Å². The summed E-state index contributed by atoms with van der Waals surface area (Å²) in [5.74, 6) is -0.366. The van der Waals surface area contributed by atoms with Crippen LogP contribution in [0.5, 0.6) is 0 Å². The second-order valence-corrected chi connectivity index (χ2v) is 3.48. The van der Waals surface area contributed by atoms with Crippen molar-refractivity contribution in [2.75, 3.05) is 19.8 Å². The molecule has 0 aromatic carbocycles. The van der Waals surface area contributed by atoms with Crippen molar-refractivity contribution in [3.63, 3.8) is 0 Å². The molecule has 0 radical (unpaired) electrons. The Morgan fingerprint density at radius 3 is 2.89 bits per heavy atom. The predicted octanol–water partition coefficient (Wildman–Crippen LogP) is -0.117. The smallest absolute Gasteiger partial charge is 0.329 e. The Labute approximate surface area is 103 Å². The van der Waals surface area contributed by atoms with Gasteiger partial charge in [-0.15, -0.1) is 0 Å². The van der Waals surface area contributed by atoms with Crippen LogP contribution in [0.4, 0.5) is 4.79 Å². The van der Waals surface area contributed by atoms with Crippen molar-refractivity contribution in [1.29, 1.82) is 0 Å². The van der Waals surface area contributed by atoms with Crippen molar-refractivity contribution in [2.45, 2.75) is 13.5 Å². The van der Waals surface area contributed by atoms with Crippen LogP contribution in [0, 0.1) is 6.92 Å². The fourth-order valence-electron chi connectivity index (χ4n) is 1.13. The summed E-state index contributed by atoms with van der Waals surface area (Å²) >= 11 is 0. The molecule has 1 rings (SSSR count). The molecule has 2 amide bonds. The number of ether oxygens (including phenoxy) is 1. The van der Waals surface area contributed by atoms with E-state index in [1.54, 1.807) is 13.0 Å². The summed E-state index contributed by atoms with van der Waals surface area (Å²) in [7, 11) is 0. The van der Waals surface area contributed by atoms with Gasteiger partial charge in [-0.2, -0.15) is 0 Å². The lowest BCUT2D eigenvalue weighted by Crippen LogP contribution is -2.37. The van der Waals surface area contributed by atoms with Crippen molar-refractivity contribution in [2.24, 2.45) is 0 Å². The van der Waals surface area contributed by atoms with Crippen LogP contribution in [0.1, 0.15) is 11.5 Å². The normalized spacial score (nSPS) is 10.1. The predicted molar refractivity (Wildman–Crippen MR) is 59.9 cm³/mol. The first-order valence-electron chi connectivity index (χ1n) is 5.31. The number of aromatic nitrogens is 1. The molecule has 0 saturated heterocycles. The van der Waals surface area contributed by atoms with Crippen LogP contribution in [0.2, 0.25) is 0 Å². The maximum absolute atomic E-state index is 11.3. The van der Waals surface area contributed by atoms with Gasteiger partial charge in [0.15, 0.2) is 0 Å². The zero-order chi connectivity index (χ0) is 13.4. The van der Waals surface area contributed by atoms with Crippen molar-refractivity contribution in [1.82, 2.24) is 15.8 Å². The molecule has 0 atom stereocenters. The standard InChI is InChI=1S/C10H15N3O5/c1-7-4-8(13-18-7)5-12-10(16)11-2-3-17-6-9(14)15/h4H,2-3,5-6H2,1H3,(H,14,15)(H2,11,12,16). The summed E-state index contributed by atoms with van der Waals surface area (Å²) in [6, 6.07) is 1.34. The van der Waals surface area contributed by atoms with E-state index in [0.717, 1.165) is 0 Å². The summed E-state index contributed by atoms with van der Waals surface area (Å²) in [4.78, 5) is 21.4. The van der Waals surface area contributed by atoms with Crippen LogP contribution in [0.25, 0.3) is 0 Å². The Morgan fingerprint density at radius 1 is 1.50 bits per heavy atom. The van der Waals surface area contributed by atoms with E-state index in [1.165, 1.54) is 0 Å². The highest BCUT2D eigenvalue weighted by molar-refractivity contribution is 5.73. The highest BCUT2D eigenvalue weighted by Crippen LogP contribution is 2.00. The van der Waals surface area contributed by atoms with Gasteiger partial charge in [-0.25, -0.2) is 9.59 Å². The topological polar surface area (TPSA) is 114 Å². The molecule has 1 aromatic heterocycles. The first-order valence-corrected chi connectivity index (χ1v) is 5.31. The number of nitrogens with one attached hydrogen (secondary N) is 2. The average Bonchev–Trinajstić information content (AvgIpc) is 2.71. The SMILES string of the molecule is Cc1cc(CNC(=O)NCCOCC(=O)O)no1. The zero-order valence-electron chi connectivity index (χ0n) is 9.93. The van der Waals surface area contributed by atoms with E-state index in [0.29, 0.717) is 11.5 Å². The largest absolute Gasteiger partial charge is 0.480 e. The molecule has 8 heteroatoms. The minimum Gasteiger partial charge on any atom is -0.480 e. The van der Waals surface area contributed by atoms with Gasteiger partial charge >= 0.3 is 12.0 Å². The number of carboxylic acid groups (broad SMARTS) is 1. The Bertz CT molecular complexity index is 404. The van der Waals surface area contributed by atoms with Crippen LogP contribution in [-0.4, -0.2) is 42.0 Å². The molecule has 0 aliphatic rings. The second-order valence-electron chi connectivity index (χ2n) is 3.48. The average molecular weight is 257 g/mol. The molecule has 18 heavy (non-hydrogen) atoms. The summed E-state index contributed by atoms with van der Waals surface area (Å²) in [6.07, 6.45) is 0. The summed E-state index contributed by atoms with van der Waals surface area (Å²) < 4.78 is 9.58. The van der Waals surface area contributed by atoms with Crippen molar-refractivity contribution >= 4 is 12.0 Å². The second kappa shape index (κ2) is 7.28. The van der Waals surface area contributed by atoms with Crippen molar-refractivity contribution in [3.8, 4) is 0 Å². The van der Waals surface area contributed by atoms with E-state index in [2.05, 4.69) is 15.8 Å². The van der Waals surface area contributed by atoms with Crippen LogP contribution in [0.3, 0.4) is 0 Å². The minimum atomic E-state index is -1.04. The third-order valence-electron chi connectivity index (χ3n) is 1.86. The number of carboxylic acids is 1.